The van der Waals surface area contributed by atoms with Crippen LogP contribution < -0.4 is 5.32 Å². The molecule has 6 heteroatoms. The Morgan fingerprint density at radius 2 is 2.21 bits per heavy atom. The summed E-state index contributed by atoms with van der Waals surface area (Å²) < 4.78 is 5.50. The zero-order valence-corrected chi connectivity index (χ0v) is 11.4. The highest BCUT2D eigenvalue weighted by atomic mass is 16.5. The van der Waals surface area contributed by atoms with Crippen molar-refractivity contribution in [3.05, 3.63) is 17.8 Å². The summed E-state index contributed by atoms with van der Waals surface area (Å²) in [7, 11) is 3.38. The van der Waals surface area contributed by atoms with Gasteiger partial charge in [-0.05, 0) is 30.9 Å². The average molecular weight is 264 g/mol. The highest BCUT2D eigenvalue weighted by Gasteiger charge is 2.20. The Bertz CT molecular complexity index is 415. The molecule has 0 aliphatic heterocycles. The Kier molecular flexibility index (Phi) is 4.68. The topological polar surface area (TPSA) is 67.4 Å². The summed E-state index contributed by atoms with van der Waals surface area (Å²) in [5, 5.41) is 11.0. The maximum Gasteiger partial charge on any atom is 0.273 e. The largest absolute Gasteiger partial charge is 0.379 e. The van der Waals surface area contributed by atoms with Crippen LogP contribution in [0.2, 0.25) is 0 Å². The van der Waals surface area contributed by atoms with Gasteiger partial charge < -0.3 is 15.0 Å². The maximum atomic E-state index is 11.6. The molecule has 1 saturated carbocycles. The number of carbonyl (C=O) groups excluding carboxylic acids is 1. The number of rotatable bonds is 7. The lowest BCUT2D eigenvalue weighted by atomic mass is 10.3. The number of amides is 1. The Labute approximate surface area is 113 Å². The van der Waals surface area contributed by atoms with E-state index in [1.165, 1.54) is 17.7 Å². The molecular formula is C13H20N4O2. The van der Waals surface area contributed by atoms with Crippen molar-refractivity contribution in [2.45, 2.75) is 12.8 Å². The van der Waals surface area contributed by atoms with E-state index in [0.717, 1.165) is 12.5 Å². The van der Waals surface area contributed by atoms with Gasteiger partial charge in [0.15, 0.2) is 5.69 Å². The Morgan fingerprint density at radius 3 is 2.79 bits per heavy atom. The number of anilines is 1. The van der Waals surface area contributed by atoms with E-state index in [2.05, 4.69) is 15.5 Å². The molecule has 0 bridgehead atoms. The van der Waals surface area contributed by atoms with Crippen LogP contribution in [0.4, 0.5) is 5.82 Å². The Balaban J connectivity index is 1.70. The van der Waals surface area contributed by atoms with E-state index in [9.17, 15) is 4.79 Å². The number of nitrogens with zero attached hydrogens (tertiary/aromatic N) is 3. The Morgan fingerprint density at radius 1 is 1.42 bits per heavy atom. The zero-order valence-electron chi connectivity index (χ0n) is 11.4. The number of aromatic nitrogens is 2. The van der Waals surface area contributed by atoms with Crippen LogP contribution >= 0.6 is 0 Å². The molecule has 2 rings (SSSR count). The minimum absolute atomic E-state index is 0.146. The second-order valence-corrected chi connectivity index (χ2v) is 4.95. The highest BCUT2D eigenvalue weighted by molar-refractivity contribution is 5.91. The van der Waals surface area contributed by atoms with Gasteiger partial charge in [0.05, 0.1) is 6.61 Å². The molecule has 0 saturated heterocycles. The van der Waals surface area contributed by atoms with Gasteiger partial charge in [-0.1, -0.05) is 0 Å². The van der Waals surface area contributed by atoms with Crippen LogP contribution in [0.25, 0.3) is 0 Å². The summed E-state index contributed by atoms with van der Waals surface area (Å²) >= 11 is 0. The molecule has 1 aromatic heterocycles. The highest BCUT2D eigenvalue weighted by Crippen LogP contribution is 2.28. The molecule has 1 fully saturated rings. The molecule has 6 nitrogen and oxygen atoms in total. The molecule has 1 amide bonds. The van der Waals surface area contributed by atoms with Crippen molar-refractivity contribution in [3.63, 3.8) is 0 Å². The molecule has 0 aromatic carbocycles. The monoisotopic (exact) mass is 264 g/mol. The first kappa shape index (κ1) is 13.7. The smallest absolute Gasteiger partial charge is 0.273 e. The molecule has 1 aromatic rings. The number of hydrogen-bond donors (Lipinski definition) is 1. The summed E-state index contributed by atoms with van der Waals surface area (Å²) in [5.41, 5.74) is 0.348. The standard InChI is InChI=1S/C13H20N4O2/c1-17(2)13(18)11-5-6-12(16-15-11)14-7-8-19-9-10-3-4-10/h5-6,10H,3-4,7-9H2,1-2H3,(H,14,16). The first-order valence-electron chi connectivity index (χ1n) is 6.54. The average Bonchev–Trinajstić information content (AvgIpc) is 3.22. The van der Waals surface area contributed by atoms with Crippen LogP contribution in [0.3, 0.4) is 0 Å². The molecule has 0 spiro atoms. The van der Waals surface area contributed by atoms with Gasteiger partial charge in [-0.3, -0.25) is 4.79 Å². The summed E-state index contributed by atoms with van der Waals surface area (Å²) in [6.45, 7) is 2.22. The van der Waals surface area contributed by atoms with E-state index >= 15 is 0 Å². The Hall–Kier alpha value is -1.69. The number of nitrogens with one attached hydrogen (secondary N) is 1. The van der Waals surface area contributed by atoms with E-state index in [0.29, 0.717) is 24.7 Å². The summed E-state index contributed by atoms with van der Waals surface area (Å²) in [4.78, 5) is 13.1. The third kappa shape index (κ3) is 4.48. The molecule has 104 valence electrons. The number of carbonyl (C=O) groups is 1. The zero-order chi connectivity index (χ0) is 13.7. The SMILES string of the molecule is CN(C)C(=O)c1ccc(NCCOCC2CC2)nn1. The first-order chi connectivity index (χ1) is 9.16. The fourth-order valence-corrected chi connectivity index (χ4v) is 1.56. The molecule has 1 aliphatic carbocycles. The van der Waals surface area contributed by atoms with Gasteiger partial charge in [-0.15, -0.1) is 10.2 Å². The van der Waals surface area contributed by atoms with Crippen LogP contribution in [-0.2, 0) is 4.74 Å². The third-order valence-electron chi connectivity index (χ3n) is 2.89. The lowest BCUT2D eigenvalue weighted by molar-refractivity contribution is 0.0821. The van der Waals surface area contributed by atoms with Gasteiger partial charge in [-0.25, -0.2) is 0 Å². The predicted molar refractivity (Wildman–Crippen MR) is 72.1 cm³/mol. The molecule has 0 atom stereocenters. The van der Waals surface area contributed by atoms with Crippen molar-refractivity contribution in [1.82, 2.24) is 15.1 Å². The van der Waals surface area contributed by atoms with E-state index in [4.69, 9.17) is 4.74 Å². The van der Waals surface area contributed by atoms with Crippen LogP contribution in [0, 0.1) is 5.92 Å². The summed E-state index contributed by atoms with van der Waals surface area (Å²) in [5.74, 6) is 1.30. The minimum Gasteiger partial charge on any atom is -0.379 e. The van der Waals surface area contributed by atoms with Gasteiger partial charge in [0.25, 0.3) is 5.91 Å². The molecule has 0 radical (unpaired) electrons. The minimum atomic E-state index is -0.146. The van der Waals surface area contributed by atoms with Crippen molar-refractivity contribution in [1.29, 1.82) is 0 Å². The number of hydrogen-bond acceptors (Lipinski definition) is 5. The molecular weight excluding hydrogens is 244 g/mol. The number of ether oxygens (including phenoxy) is 1. The summed E-state index contributed by atoms with van der Waals surface area (Å²) in [6.07, 6.45) is 2.61. The van der Waals surface area contributed by atoms with Crippen LogP contribution in [0.1, 0.15) is 23.3 Å². The molecule has 19 heavy (non-hydrogen) atoms. The van der Waals surface area contributed by atoms with Gasteiger partial charge in [0.2, 0.25) is 0 Å². The first-order valence-corrected chi connectivity index (χ1v) is 6.54. The maximum absolute atomic E-state index is 11.6. The van der Waals surface area contributed by atoms with Gasteiger partial charge >= 0.3 is 0 Å². The van der Waals surface area contributed by atoms with Crippen LogP contribution in [-0.4, -0.2) is 54.9 Å². The second-order valence-electron chi connectivity index (χ2n) is 4.95. The van der Waals surface area contributed by atoms with Crippen molar-refractivity contribution in [3.8, 4) is 0 Å². The normalized spacial score (nSPS) is 14.2. The van der Waals surface area contributed by atoms with Crippen molar-refractivity contribution in [2.75, 3.05) is 39.2 Å². The molecule has 1 heterocycles. The van der Waals surface area contributed by atoms with E-state index in [1.54, 1.807) is 26.2 Å². The molecule has 0 unspecified atom stereocenters. The van der Waals surface area contributed by atoms with Crippen molar-refractivity contribution < 1.29 is 9.53 Å². The van der Waals surface area contributed by atoms with E-state index in [1.807, 2.05) is 0 Å². The van der Waals surface area contributed by atoms with Crippen molar-refractivity contribution in [2.24, 2.45) is 5.92 Å². The quantitative estimate of drug-likeness (QED) is 0.745. The predicted octanol–water partition coefficient (Wildman–Crippen LogP) is 1.02. The van der Waals surface area contributed by atoms with Gasteiger partial charge in [0, 0.05) is 27.2 Å². The third-order valence-corrected chi connectivity index (χ3v) is 2.89. The van der Waals surface area contributed by atoms with E-state index in [-0.39, 0.29) is 5.91 Å². The van der Waals surface area contributed by atoms with Gasteiger partial charge in [-0.2, -0.15) is 0 Å². The fraction of sp³-hybridized carbons (Fsp3) is 0.615. The molecule has 1 N–H and O–H groups in total. The second kappa shape index (κ2) is 6.47. The van der Waals surface area contributed by atoms with E-state index < -0.39 is 0 Å². The lowest BCUT2D eigenvalue weighted by Gasteiger charge is -2.09. The lowest BCUT2D eigenvalue weighted by Crippen LogP contribution is -2.23. The van der Waals surface area contributed by atoms with Crippen LogP contribution in [0.15, 0.2) is 12.1 Å². The van der Waals surface area contributed by atoms with Crippen LogP contribution in [0.5, 0.6) is 0 Å². The fourth-order valence-electron chi connectivity index (χ4n) is 1.56. The molecule has 1 aliphatic rings. The van der Waals surface area contributed by atoms with Gasteiger partial charge in [0.1, 0.15) is 5.82 Å². The summed E-state index contributed by atoms with van der Waals surface area (Å²) in [6, 6.07) is 3.42. The van der Waals surface area contributed by atoms with Crippen molar-refractivity contribution >= 4 is 11.7 Å².